The van der Waals surface area contributed by atoms with Crippen molar-refractivity contribution < 1.29 is 24.4 Å². The summed E-state index contributed by atoms with van der Waals surface area (Å²) in [4.78, 5) is 20.8. The lowest BCUT2D eigenvalue weighted by molar-refractivity contribution is -0.677. The highest BCUT2D eigenvalue weighted by Crippen LogP contribution is 2.06. The second kappa shape index (κ2) is 6.69. The average molecular weight is 290 g/mol. The summed E-state index contributed by atoms with van der Waals surface area (Å²) in [6.07, 6.45) is 2.12. The van der Waals surface area contributed by atoms with E-state index in [4.69, 9.17) is 5.11 Å². The van der Waals surface area contributed by atoms with Crippen molar-refractivity contribution in [2.24, 2.45) is 14.1 Å². The Hall–Kier alpha value is -2.63. The average Bonchev–Trinajstić information content (AvgIpc) is 2.66. The molecule has 0 saturated carbocycles. The van der Waals surface area contributed by atoms with E-state index in [0.29, 0.717) is 0 Å². The number of hydrogen-bond donors (Lipinski definition) is 1. The zero-order valence-corrected chi connectivity index (χ0v) is 12.5. The van der Waals surface area contributed by atoms with Gasteiger partial charge in [0.1, 0.15) is 11.9 Å². The second-order valence-corrected chi connectivity index (χ2v) is 4.63. The Morgan fingerprint density at radius 2 is 1.71 bits per heavy atom. The zero-order valence-electron chi connectivity index (χ0n) is 12.5. The van der Waals surface area contributed by atoms with Crippen molar-refractivity contribution in [3.05, 3.63) is 53.1 Å². The lowest BCUT2D eigenvalue weighted by Gasteiger charge is -2.04. The highest BCUT2D eigenvalue weighted by molar-refractivity contribution is 6.00. The van der Waals surface area contributed by atoms with Gasteiger partial charge < -0.3 is 15.0 Å². The van der Waals surface area contributed by atoms with Crippen molar-refractivity contribution in [1.82, 2.24) is 4.57 Å². The molecule has 21 heavy (non-hydrogen) atoms. The van der Waals surface area contributed by atoms with E-state index in [0.717, 1.165) is 0 Å². The van der Waals surface area contributed by atoms with Gasteiger partial charge in [-0.25, -0.2) is 13.9 Å². The van der Waals surface area contributed by atoms with Gasteiger partial charge in [-0.1, -0.05) is 18.2 Å². The molecule has 2 aromatic rings. The Bertz CT molecular complexity index is 619. The van der Waals surface area contributed by atoms with Crippen LogP contribution in [0.15, 0.2) is 30.5 Å². The van der Waals surface area contributed by atoms with Crippen molar-refractivity contribution >= 4 is 11.9 Å². The molecule has 0 aliphatic carbocycles. The van der Waals surface area contributed by atoms with Gasteiger partial charge in [-0.3, -0.25) is 0 Å². The van der Waals surface area contributed by atoms with Crippen molar-refractivity contribution in [3.63, 3.8) is 0 Å². The van der Waals surface area contributed by atoms with Crippen LogP contribution in [0.2, 0.25) is 0 Å². The monoisotopic (exact) mass is 290 g/mol. The molecule has 0 atom stereocenters. The highest BCUT2D eigenvalue weighted by Gasteiger charge is 2.08. The number of benzene rings is 1. The minimum atomic E-state index is -1.48. The van der Waals surface area contributed by atoms with E-state index < -0.39 is 11.9 Å². The maximum Gasteiger partial charge on any atom is 0.336 e. The first-order valence-corrected chi connectivity index (χ1v) is 6.28. The molecule has 0 saturated heterocycles. The van der Waals surface area contributed by atoms with Crippen LogP contribution in [0.25, 0.3) is 0 Å². The molecule has 0 aliphatic heterocycles. The Morgan fingerprint density at radius 3 is 1.95 bits per heavy atom. The number of imidazole rings is 1. The number of carboxylic acids is 2. The normalized spacial score (nSPS) is 9.71. The van der Waals surface area contributed by atoms with E-state index in [9.17, 15) is 14.7 Å². The molecule has 1 aromatic carbocycles. The lowest BCUT2D eigenvalue weighted by Crippen LogP contribution is -2.29. The van der Waals surface area contributed by atoms with Gasteiger partial charge in [0.25, 0.3) is 5.82 Å². The number of hydrogen-bond acceptors (Lipinski definition) is 3. The summed E-state index contributed by atoms with van der Waals surface area (Å²) in [5.74, 6) is -1.46. The summed E-state index contributed by atoms with van der Waals surface area (Å²) in [6, 6.07) is 5.31. The number of nitrogens with zero attached hydrogens (tertiary/aromatic N) is 2. The maximum atomic E-state index is 10.4. The zero-order chi connectivity index (χ0) is 16.2. The highest BCUT2D eigenvalue weighted by atomic mass is 16.4. The van der Waals surface area contributed by atoms with Crippen LogP contribution in [0.4, 0.5) is 0 Å². The largest absolute Gasteiger partial charge is 0.545 e. The smallest absolute Gasteiger partial charge is 0.336 e. The molecular weight excluding hydrogens is 272 g/mol. The van der Waals surface area contributed by atoms with Crippen LogP contribution >= 0.6 is 0 Å². The molecule has 0 aliphatic rings. The van der Waals surface area contributed by atoms with Gasteiger partial charge in [-0.15, -0.1) is 0 Å². The van der Waals surface area contributed by atoms with Crippen molar-refractivity contribution in [2.45, 2.75) is 13.8 Å². The van der Waals surface area contributed by atoms with Crippen molar-refractivity contribution in [2.75, 3.05) is 0 Å². The first-order valence-electron chi connectivity index (χ1n) is 6.28. The van der Waals surface area contributed by atoms with Gasteiger partial charge in [0.2, 0.25) is 0 Å². The molecule has 1 N–H and O–H groups in total. The Kier molecular flexibility index (Phi) is 5.24. The van der Waals surface area contributed by atoms with E-state index in [1.54, 1.807) is 0 Å². The third kappa shape index (κ3) is 3.92. The fourth-order valence-electron chi connectivity index (χ4n) is 1.80. The topological polar surface area (TPSA) is 86.2 Å². The molecule has 6 heteroatoms. The molecule has 1 heterocycles. The number of aromatic carboxylic acids is 2. The third-order valence-electron chi connectivity index (χ3n) is 3.28. The number of carbonyl (C=O) groups is 2. The second-order valence-electron chi connectivity index (χ2n) is 4.63. The summed E-state index contributed by atoms with van der Waals surface area (Å²) in [7, 11) is 4.13. The third-order valence-corrected chi connectivity index (χ3v) is 3.28. The number of aryl methyl sites for hydroxylation is 2. The molecule has 2 rings (SSSR count). The van der Waals surface area contributed by atoms with Crippen molar-refractivity contribution in [3.8, 4) is 0 Å². The molecular formula is C15H18N2O4. The molecule has 0 unspecified atom stereocenters. The molecule has 1 aromatic heterocycles. The van der Waals surface area contributed by atoms with Gasteiger partial charge >= 0.3 is 5.97 Å². The van der Waals surface area contributed by atoms with Crippen LogP contribution in [0.5, 0.6) is 0 Å². The summed E-state index contributed by atoms with van der Waals surface area (Å²) < 4.78 is 4.29. The summed E-state index contributed by atoms with van der Waals surface area (Å²) in [5.41, 5.74) is 0.748. The predicted molar refractivity (Wildman–Crippen MR) is 73.8 cm³/mol. The molecule has 112 valence electrons. The SMILES string of the molecule is Cc1c[n+](C)c(C)n1C.O=C([O-])c1ccccc1C(=O)O. The van der Waals surface area contributed by atoms with Gasteiger partial charge in [-0.2, -0.15) is 0 Å². The maximum absolute atomic E-state index is 10.4. The molecule has 0 radical (unpaired) electrons. The van der Waals surface area contributed by atoms with Crippen LogP contribution in [0.1, 0.15) is 32.2 Å². The minimum absolute atomic E-state index is 0.252. The first-order chi connectivity index (χ1) is 9.75. The molecule has 6 nitrogen and oxygen atoms in total. The minimum Gasteiger partial charge on any atom is -0.545 e. The summed E-state index contributed by atoms with van der Waals surface area (Å²) >= 11 is 0. The molecule has 0 fully saturated rings. The molecule has 0 amide bonds. The van der Waals surface area contributed by atoms with E-state index in [2.05, 4.69) is 43.3 Å². The van der Waals surface area contributed by atoms with E-state index >= 15 is 0 Å². The Balaban J connectivity index is 0.000000219. The van der Waals surface area contributed by atoms with Crippen molar-refractivity contribution in [1.29, 1.82) is 0 Å². The summed E-state index contributed by atoms with van der Waals surface area (Å²) in [6.45, 7) is 4.21. The van der Waals surface area contributed by atoms with Crippen LogP contribution in [-0.2, 0) is 14.1 Å². The molecule has 0 spiro atoms. The van der Waals surface area contributed by atoms with Crippen LogP contribution in [0.3, 0.4) is 0 Å². The quantitative estimate of drug-likeness (QED) is 0.801. The number of carbonyl (C=O) groups excluding carboxylic acids is 1. The Labute approximate surface area is 122 Å². The predicted octanol–water partition coefficient (Wildman–Crippen LogP) is 0.215. The van der Waals surface area contributed by atoms with E-state index in [-0.39, 0.29) is 11.1 Å². The van der Waals surface area contributed by atoms with Gasteiger partial charge in [0, 0.05) is 19.4 Å². The standard InChI is InChI=1S/C8H6O4.C7H13N2/c9-7(10)5-3-1-2-4-6(5)8(11)12;1-6-5-8(3)7(2)9(6)4/h1-4H,(H,9,10)(H,11,12);5H,1-4H3/q;+1/p-1. The number of carboxylic acid groups (broad SMARTS) is 2. The van der Waals surface area contributed by atoms with Gasteiger partial charge in [0.05, 0.1) is 25.6 Å². The van der Waals surface area contributed by atoms with E-state index in [1.807, 2.05) is 0 Å². The van der Waals surface area contributed by atoms with Gasteiger partial charge in [-0.05, 0) is 6.07 Å². The van der Waals surface area contributed by atoms with E-state index in [1.165, 1.54) is 35.8 Å². The van der Waals surface area contributed by atoms with Gasteiger partial charge in [0.15, 0.2) is 0 Å². The Morgan fingerprint density at radius 1 is 1.19 bits per heavy atom. The number of rotatable bonds is 2. The first kappa shape index (κ1) is 16.4. The van der Waals surface area contributed by atoms with Crippen LogP contribution in [-0.4, -0.2) is 21.6 Å². The number of aromatic nitrogens is 2. The lowest BCUT2D eigenvalue weighted by atomic mass is 10.1. The fraction of sp³-hybridized carbons (Fsp3) is 0.267. The summed E-state index contributed by atoms with van der Waals surface area (Å²) in [5, 5.41) is 18.9. The van der Waals surface area contributed by atoms with Crippen LogP contribution < -0.4 is 9.67 Å². The fourth-order valence-corrected chi connectivity index (χ4v) is 1.80. The molecule has 0 bridgehead atoms. The van der Waals surface area contributed by atoms with Crippen LogP contribution in [0, 0.1) is 13.8 Å².